The molecule has 164 valence electrons. The molecule has 2 amide bonds. The van der Waals surface area contributed by atoms with Gasteiger partial charge >= 0.3 is 0 Å². The Morgan fingerprint density at radius 2 is 1.66 bits per heavy atom. The molecule has 1 heterocycles. The molecule has 4 rings (SSSR count). The summed E-state index contributed by atoms with van der Waals surface area (Å²) in [5.41, 5.74) is 3.20. The van der Waals surface area contributed by atoms with Crippen LogP contribution in [0.1, 0.15) is 16.8 Å². The zero-order chi connectivity index (χ0) is 22.2. The van der Waals surface area contributed by atoms with Crippen LogP contribution in [-0.2, 0) is 9.53 Å². The molecule has 6 heteroatoms. The number of nitrogens with zero attached hydrogens (tertiary/aromatic N) is 1. The topological polar surface area (TPSA) is 67.9 Å². The number of ether oxygens (including phenoxy) is 2. The Kier molecular flexibility index (Phi) is 7.15. The zero-order valence-electron chi connectivity index (χ0n) is 17.8. The average molecular weight is 431 g/mol. The fourth-order valence-electron chi connectivity index (χ4n) is 3.60. The van der Waals surface area contributed by atoms with Gasteiger partial charge in [0.15, 0.2) is 0 Å². The third-order valence-corrected chi connectivity index (χ3v) is 5.25. The Labute approximate surface area is 187 Å². The minimum absolute atomic E-state index is 0.0507. The van der Waals surface area contributed by atoms with Crippen molar-refractivity contribution in [2.45, 2.75) is 6.42 Å². The van der Waals surface area contributed by atoms with Crippen LogP contribution in [0.5, 0.6) is 5.75 Å². The van der Waals surface area contributed by atoms with Gasteiger partial charge in [0.05, 0.1) is 26.2 Å². The molecule has 32 heavy (non-hydrogen) atoms. The second kappa shape index (κ2) is 10.6. The summed E-state index contributed by atoms with van der Waals surface area (Å²) in [7, 11) is 0. The number of morpholine rings is 1. The minimum atomic E-state index is -0.168. The highest BCUT2D eigenvalue weighted by Crippen LogP contribution is 2.29. The summed E-state index contributed by atoms with van der Waals surface area (Å²) < 4.78 is 11.2. The summed E-state index contributed by atoms with van der Waals surface area (Å²) in [5, 5.41) is 2.86. The predicted octanol–water partition coefficient (Wildman–Crippen LogP) is 4.23. The Balaban J connectivity index is 1.32. The quantitative estimate of drug-likeness (QED) is 0.609. The lowest BCUT2D eigenvalue weighted by Crippen LogP contribution is -2.40. The van der Waals surface area contributed by atoms with Gasteiger partial charge in [-0.3, -0.25) is 9.59 Å². The van der Waals surface area contributed by atoms with E-state index in [0.717, 1.165) is 16.9 Å². The number of hydrogen-bond acceptors (Lipinski definition) is 4. The van der Waals surface area contributed by atoms with Crippen LogP contribution in [0.15, 0.2) is 78.9 Å². The van der Waals surface area contributed by atoms with E-state index in [-0.39, 0.29) is 24.8 Å². The number of anilines is 1. The van der Waals surface area contributed by atoms with Crippen molar-refractivity contribution < 1.29 is 19.1 Å². The first-order chi connectivity index (χ1) is 15.7. The van der Waals surface area contributed by atoms with Crippen LogP contribution >= 0.6 is 0 Å². The highest BCUT2D eigenvalue weighted by Gasteiger charge is 2.18. The number of para-hydroxylation sites is 1. The van der Waals surface area contributed by atoms with Crippen molar-refractivity contribution >= 4 is 17.5 Å². The van der Waals surface area contributed by atoms with E-state index in [0.29, 0.717) is 37.6 Å². The van der Waals surface area contributed by atoms with Crippen LogP contribution < -0.4 is 10.1 Å². The van der Waals surface area contributed by atoms with E-state index >= 15 is 0 Å². The summed E-state index contributed by atoms with van der Waals surface area (Å²) >= 11 is 0. The minimum Gasteiger partial charge on any atom is -0.492 e. The van der Waals surface area contributed by atoms with Crippen molar-refractivity contribution in [3.05, 3.63) is 84.4 Å². The van der Waals surface area contributed by atoms with Gasteiger partial charge in [0.1, 0.15) is 5.75 Å². The maximum absolute atomic E-state index is 12.7. The molecule has 0 aliphatic carbocycles. The van der Waals surface area contributed by atoms with Crippen molar-refractivity contribution in [3.63, 3.8) is 0 Å². The molecule has 1 N–H and O–H groups in total. The van der Waals surface area contributed by atoms with Crippen molar-refractivity contribution in [1.29, 1.82) is 0 Å². The lowest BCUT2D eigenvalue weighted by atomic mass is 10.1. The third kappa shape index (κ3) is 5.53. The van der Waals surface area contributed by atoms with Crippen molar-refractivity contribution in [3.8, 4) is 16.9 Å². The first-order valence-corrected chi connectivity index (χ1v) is 10.7. The molecule has 0 aromatic heterocycles. The normalized spacial score (nSPS) is 13.4. The summed E-state index contributed by atoms with van der Waals surface area (Å²) in [6, 6.07) is 24.8. The molecule has 1 aliphatic heterocycles. The maximum Gasteiger partial charge on any atom is 0.254 e. The molecule has 1 fully saturated rings. The van der Waals surface area contributed by atoms with E-state index in [2.05, 4.69) is 5.32 Å². The SMILES string of the molecule is O=C(CCOc1ccccc1-c1ccccc1)Nc1cccc(C(=O)N2CCOCC2)c1. The van der Waals surface area contributed by atoms with E-state index < -0.39 is 0 Å². The molecule has 3 aromatic rings. The summed E-state index contributed by atoms with van der Waals surface area (Å²) in [6.07, 6.45) is 0.199. The van der Waals surface area contributed by atoms with Crippen LogP contribution in [0, 0.1) is 0 Å². The van der Waals surface area contributed by atoms with Crippen LogP contribution in [0.25, 0.3) is 11.1 Å². The number of rotatable bonds is 7. The standard InChI is InChI=1S/C26H26N2O4/c29-25(13-16-32-24-12-5-4-11-23(24)20-7-2-1-3-8-20)27-22-10-6-9-21(19-22)26(30)28-14-17-31-18-15-28/h1-12,19H,13-18H2,(H,27,29). The second-order valence-corrected chi connectivity index (χ2v) is 7.49. The molecule has 3 aromatic carbocycles. The number of carbonyl (C=O) groups excluding carboxylic acids is 2. The van der Waals surface area contributed by atoms with Gasteiger partial charge < -0.3 is 19.7 Å². The number of carbonyl (C=O) groups is 2. The molecular weight excluding hydrogens is 404 g/mol. The molecule has 0 saturated carbocycles. The smallest absolute Gasteiger partial charge is 0.254 e. The summed E-state index contributed by atoms with van der Waals surface area (Å²) in [5.74, 6) is 0.521. The van der Waals surface area contributed by atoms with E-state index in [1.807, 2.05) is 54.6 Å². The lowest BCUT2D eigenvalue weighted by molar-refractivity contribution is -0.116. The van der Waals surface area contributed by atoms with Gasteiger partial charge in [0.25, 0.3) is 5.91 Å². The van der Waals surface area contributed by atoms with Crippen molar-refractivity contribution in [2.24, 2.45) is 0 Å². The Morgan fingerprint density at radius 1 is 0.906 bits per heavy atom. The summed E-state index contributed by atoms with van der Waals surface area (Å²) in [6.45, 7) is 2.52. The largest absolute Gasteiger partial charge is 0.492 e. The van der Waals surface area contributed by atoms with Crippen molar-refractivity contribution in [2.75, 3.05) is 38.2 Å². The summed E-state index contributed by atoms with van der Waals surface area (Å²) in [4.78, 5) is 26.9. The van der Waals surface area contributed by atoms with Gasteiger partial charge in [0.2, 0.25) is 5.91 Å². The predicted molar refractivity (Wildman–Crippen MR) is 124 cm³/mol. The molecule has 0 radical (unpaired) electrons. The van der Waals surface area contributed by atoms with Gasteiger partial charge in [-0.25, -0.2) is 0 Å². The number of benzene rings is 3. The number of amides is 2. The van der Waals surface area contributed by atoms with Crippen LogP contribution in [0.3, 0.4) is 0 Å². The Bertz CT molecular complexity index is 1060. The molecule has 0 atom stereocenters. The second-order valence-electron chi connectivity index (χ2n) is 7.49. The van der Waals surface area contributed by atoms with Crippen LogP contribution in [0.2, 0.25) is 0 Å². The molecular formula is C26H26N2O4. The monoisotopic (exact) mass is 430 g/mol. The van der Waals surface area contributed by atoms with Crippen LogP contribution in [-0.4, -0.2) is 49.6 Å². The number of hydrogen-bond donors (Lipinski definition) is 1. The molecule has 1 aliphatic rings. The van der Waals surface area contributed by atoms with Gasteiger partial charge in [-0.15, -0.1) is 0 Å². The molecule has 0 bridgehead atoms. The zero-order valence-corrected chi connectivity index (χ0v) is 17.8. The first-order valence-electron chi connectivity index (χ1n) is 10.7. The van der Waals surface area contributed by atoms with Gasteiger partial charge in [0, 0.05) is 29.9 Å². The molecule has 0 spiro atoms. The fraction of sp³-hybridized carbons (Fsp3) is 0.231. The van der Waals surface area contributed by atoms with E-state index in [1.54, 1.807) is 29.2 Å². The average Bonchev–Trinajstić information content (AvgIpc) is 2.85. The molecule has 1 saturated heterocycles. The fourth-order valence-corrected chi connectivity index (χ4v) is 3.60. The number of nitrogens with one attached hydrogen (secondary N) is 1. The van der Waals surface area contributed by atoms with E-state index in [1.165, 1.54) is 0 Å². The molecule has 0 unspecified atom stereocenters. The Morgan fingerprint density at radius 3 is 2.47 bits per heavy atom. The van der Waals surface area contributed by atoms with E-state index in [9.17, 15) is 9.59 Å². The first kappa shape index (κ1) is 21.6. The van der Waals surface area contributed by atoms with E-state index in [4.69, 9.17) is 9.47 Å². The van der Waals surface area contributed by atoms with Gasteiger partial charge in [-0.05, 0) is 29.8 Å². The molecule has 6 nitrogen and oxygen atoms in total. The third-order valence-electron chi connectivity index (χ3n) is 5.25. The highest BCUT2D eigenvalue weighted by molar-refractivity contribution is 5.97. The lowest BCUT2D eigenvalue weighted by Gasteiger charge is -2.27. The van der Waals surface area contributed by atoms with Gasteiger partial charge in [-0.1, -0.05) is 54.6 Å². The Hall–Kier alpha value is -3.64. The van der Waals surface area contributed by atoms with Gasteiger partial charge in [-0.2, -0.15) is 0 Å². The maximum atomic E-state index is 12.7. The van der Waals surface area contributed by atoms with Crippen molar-refractivity contribution in [1.82, 2.24) is 4.90 Å². The van der Waals surface area contributed by atoms with Crippen LogP contribution in [0.4, 0.5) is 5.69 Å². The highest BCUT2D eigenvalue weighted by atomic mass is 16.5.